The Balaban J connectivity index is 1.30. The number of carbonyl (C=O) groups is 2. The summed E-state index contributed by atoms with van der Waals surface area (Å²) in [5, 5.41) is 4.95. The minimum Gasteiger partial charge on any atom is -0.496 e. The van der Waals surface area contributed by atoms with Crippen LogP contribution in [-0.2, 0) is 0 Å². The second kappa shape index (κ2) is 9.67. The summed E-state index contributed by atoms with van der Waals surface area (Å²) in [7, 11) is 1.54. The molecule has 5 aromatic rings. The van der Waals surface area contributed by atoms with Gasteiger partial charge >= 0.3 is 0 Å². The summed E-state index contributed by atoms with van der Waals surface area (Å²) >= 11 is 2.94. The molecule has 1 aromatic heterocycles. The molecule has 0 saturated carbocycles. The third-order valence-electron chi connectivity index (χ3n) is 5.40. The third kappa shape index (κ3) is 4.53. The normalized spacial score (nSPS) is 11.0. The maximum Gasteiger partial charge on any atom is 0.259 e. The summed E-state index contributed by atoms with van der Waals surface area (Å²) in [6, 6.07) is 26.4. The van der Waals surface area contributed by atoms with Crippen molar-refractivity contribution in [1.82, 2.24) is 4.98 Å². The summed E-state index contributed by atoms with van der Waals surface area (Å²) < 4.78 is 7.04. The topological polar surface area (TPSA) is 68.3 Å². The largest absolute Gasteiger partial charge is 0.496 e. The van der Waals surface area contributed by atoms with E-state index in [9.17, 15) is 9.59 Å². The minimum absolute atomic E-state index is 0.0748. The fourth-order valence-corrected chi connectivity index (χ4v) is 5.74. The highest BCUT2D eigenvalue weighted by molar-refractivity contribution is 8.01. The molecular formula is C27H20N2O3S2. The summed E-state index contributed by atoms with van der Waals surface area (Å²) in [6.45, 7) is 0. The van der Waals surface area contributed by atoms with Gasteiger partial charge in [0.15, 0.2) is 10.1 Å². The number of carbonyl (C=O) groups excluding carboxylic acids is 2. The van der Waals surface area contributed by atoms with Gasteiger partial charge in [-0.1, -0.05) is 66.4 Å². The second-order valence-corrected chi connectivity index (χ2v) is 9.81. The van der Waals surface area contributed by atoms with Gasteiger partial charge in [0.05, 0.1) is 28.6 Å². The first-order valence-electron chi connectivity index (χ1n) is 10.6. The molecular weight excluding hydrogens is 464 g/mol. The molecule has 0 atom stereocenters. The van der Waals surface area contributed by atoms with E-state index in [1.54, 1.807) is 25.3 Å². The summed E-state index contributed by atoms with van der Waals surface area (Å²) in [5.74, 6) is 0.668. The molecule has 0 fully saturated rings. The number of fused-ring (bicyclic) bond motifs is 2. The Morgan fingerprint density at radius 1 is 0.941 bits per heavy atom. The van der Waals surface area contributed by atoms with Crippen LogP contribution < -0.4 is 10.1 Å². The SMILES string of the molecule is COc1ccccc1C(=O)Nc1ccc2nc(SCC(=O)c3cccc4ccccc34)sc2c1. The number of Topliss-reactive ketones (excluding diaryl/α,β-unsaturated/α-hetero) is 1. The van der Waals surface area contributed by atoms with Crippen molar-refractivity contribution in [2.24, 2.45) is 0 Å². The molecule has 34 heavy (non-hydrogen) atoms. The first kappa shape index (κ1) is 22.1. The molecule has 1 N–H and O–H groups in total. The number of amides is 1. The first-order valence-corrected chi connectivity index (χ1v) is 12.4. The highest BCUT2D eigenvalue weighted by Gasteiger charge is 2.14. The number of nitrogens with one attached hydrogen (secondary N) is 1. The Hall–Kier alpha value is -3.68. The zero-order chi connectivity index (χ0) is 23.5. The fourth-order valence-electron chi connectivity index (χ4n) is 3.75. The van der Waals surface area contributed by atoms with E-state index in [-0.39, 0.29) is 11.7 Å². The Morgan fingerprint density at radius 2 is 1.71 bits per heavy atom. The van der Waals surface area contributed by atoms with Gasteiger partial charge in [-0.25, -0.2) is 4.98 Å². The lowest BCUT2D eigenvalue weighted by atomic mass is 10.0. The first-order chi connectivity index (χ1) is 16.6. The van der Waals surface area contributed by atoms with Crippen molar-refractivity contribution >= 4 is 61.5 Å². The molecule has 0 unspecified atom stereocenters. The summed E-state index contributed by atoms with van der Waals surface area (Å²) in [5.41, 5.74) is 2.71. The van der Waals surface area contributed by atoms with Gasteiger partial charge in [0, 0.05) is 11.3 Å². The van der Waals surface area contributed by atoms with Crippen LogP contribution in [0.1, 0.15) is 20.7 Å². The summed E-state index contributed by atoms with van der Waals surface area (Å²) in [4.78, 5) is 30.2. The number of methoxy groups -OCH3 is 1. The molecule has 5 nitrogen and oxygen atoms in total. The van der Waals surface area contributed by atoms with E-state index in [2.05, 4.69) is 10.3 Å². The van der Waals surface area contributed by atoms with E-state index in [4.69, 9.17) is 4.74 Å². The van der Waals surface area contributed by atoms with Crippen LogP contribution in [0.3, 0.4) is 0 Å². The van der Waals surface area contributed by atoms with Crippen molar-refractivity contribution in [3.8, 4) is 5.75 Å². The lowest BCUT2D eigenvalue weighted by Gasteiger charge is -2.09. The number of benzene rings is 4. The van der Waals surface area contributed by atoms with Crippen molar-refractivity contribution in [3.05, 3.63) is 96.1 Å². The maximum absolute atomic E-state index is 12.9. The number of nitrogens with zero attached hydrogens (tertiary/aromatic N) is 1. The van der Waals surface area contributed by atoms with Gasteiger partial charge in [0.2, 0.25) is 0 Å². The van der Waals surface area contributed by atoms with E-state index in [0.717, 1.165) is 30.9 Å². The molecule has 0 radical (unpaired) electrons. The highest BCUT2D eigenvalue weighted by Crippen LogP contribution is 2.32. The highest BCUT2D eigenvalue weighted by atomic mass is 32.2. The molecule has 0 aliphatic carbocycles. The van der Waals surface area contributed by atoms with E-state index >= 15 is 0 Å². The van der Waals surface area contributed by atoms with Gasteiger partial charge in [0.25, 0.3) is 5.91 Å². The molecule has 0 aliphatic rings. The maximum atomic E-state index is 12.9. The number of ether oxygens (including phenoxy) is 1. The molecule has 0 spiro atoms. The lowest BCUT2D eigenvalue weighted by molar-refractivity contribution is 0.101. The van der Waals surface area contributed by atoms with Crippen LogP contribution in [0.4, 0.5) is 5.69 Å². The van der Waals surface area contributed by atoms with Gasteiger partial charge in [-0.3, -0.25) is 9.59 Å². The third-order valence-corrected chi connectivity index (χ3v) is 7.56. The number of thioether (sulfide) groups is 1. The van der Waals surface area contributed by atoms with Crippen LogP contribution in [0.2, 0.25) is 0 Å². The zero-order valence-corrected chi connectivity index (χ0v) is 19.9. The lowest BCUT2D eigenvalue weighted by Crippen LogP contribution is -2.12. The van der Waals surface area contributed by atoms with Crippen molar-refractivity contribution in [2.75, 3.05) is 18.2 Å². The number of hydrogen-bond acceptors (Lipinski definition) is 6. The predicted molar refractivity (Wildman–Crippen MR) is 140 cm³/mol. The molecule has 7 heteroatoms. The standard InChI is InChI=1S/C27H20N2O3S2/c1-32-24-12-5-4-10-21(24)26(31)28-18-13-14-22-25(15-18)34-27(29-22)33-16-23(30)20-11-6-8-17-7-2-3-9-19(17)20/h2-15H,16H2,1H3,(H,28,31). The monoisotopic (exact) mass is 484 g/mol. The van der Waals surface area contributed by atoms with Gasteiger partial charge in [-0.05, 0) is 41.1 Å². The molecule has 4 aromatic carbocycles. The number of anilines is 1. The van der Waals surface area contributed by atoms with Gasteiger partial charge in [-0.2, -0.15) is 0 Å². The number of hydrogen-bond donors (Lipinski definition) is 1. The Morgan fingerprint density at radius 3 is 2.59 bits per heavy atom. The van der Waals surface area contributed by atoms with E-state index < -0.39 is 0 Å². The number of aromatic nitrogens is 1. The van der Waals surface area contributed by atoms with E-state index in [0.29, 0.717) is 22.8 Å². The average Bonchev–Trinajstić information content (AvgIpc) is 3.29. The minimum atomic E-state index is -0.239. The Kier molecular flexibility index (Phi) is 6.29. The van der Waals surface area contributed by atoms with Gasteiger partial charge < -0.3 is 10.1 Å². The van der Waals surface area contributed by atoms with Gasteiger partial charge in [0.1, 0.15) is 5.75 Å². The quantitative estimate of drug-likeness (QED) is 0.206. The molecule has 1 amide bonds. The second-order valence-electron chi connectivity index (χ2n) is 7.56. The van der Waals surface area contributed by atoms with Crippen LogP contribution in [0.15, 0.2) is 89.3 Å². The van der Waals surface area contributed by atoms with E-state index in [1.165, 1.54) is 23.1 Å². The molecule has 0 aliphatic heterocycles. The zero-order valence-electron chi connectivity index (χ0n) is 18.3. The molecule has 5 rings (SSSR count). The smallest absolute Gasteiger partial charge is 0.259 e. The van der Waals surface area contributed by atoms with E-state index in [1.807, 2.05) is 66.7 Å². The van der Waals surface area contributed by atoms with Crippen molar-refractivity contribution in [3.63, 3.8) is 0 Å². The summed E-state index contributed by atoms with van der Waals surface area (Å²) in [6.07, 6.45) is 0. The number of para-hydroxylation sites is 1. The molecule has 0 bridgehead atoms. The molecule has 168 valence electrons. The van der Waals surface area contributed by atoms with Crippen molar-refractivity contribution in [2.45, 2.75) is 4.34 Å². The van der Waals surface area contributed by atoms with Crippen LogP contribution in [0.25, 0.3) is 21.0 Å². The average molecular weight is 485 g/mol. The number of thiazole rings is 1. The van der Waals surface area contributed by atoms with Gasteiger partial charge in [-0.15, -0.1) is 11.3 Å². The number of ketones is 1. The predicted octanol–water partition coefficient (Wildman–Crippen LogP) is 6.69. The molecule has 0 saturated heterocycles. The number of rotatable bonds is 7. The van der Waals surface area contributed by atoms with Crippen molar-refractivity contribution in [1.29, 1.82) is 0 Å². The Labute approximate surface area is 204 Å². The fraction of sp³-hybridized carbons (Fsp3) is 0.0741. The van der Waals surface area contributed by atoms with Crippen molar-refractivity contribution < 1.29 is 14.3 Å². The van der Waals surface area contributed by atoms with Crippen LogP contribution in [0, 0.1) is 0 Å². The molecule has 1 heterocycles. The van der Waals surface area contributed by atoms with Crippen LogP contribution >= 0.6 is 23.1 Å². The van der Waals surface area contributed by atoms with Crippen LogP contribution in [-0.4, -0.2) is 29.5 Å². The Bertz CT molecular complexity index is 1520. The van der Waals surface area contributed by atoms with Crippen LogP contribution in [0.5, 0.6) is 5.75 Å².